The summed E-state index contributed by atoms with van der Waals surface area (Å²) in [5, 5.41) is 11.9. The first-order valence-corrected chi connectivity index (χ1v) is 12.0. The molecule has 0 N–H and O–H groups in total. The molecule has 0 fully saturated rings. The molecule has 2 aromatic heterocycles. The van der Waals surface area contributed by atoms with Gasteiger partial charge in [0.1, 0.15) is 18.2 Å². The third kappa shape index (κ3) is 3.53. The van der Waals surface area contributed by atoms with Crippen LogP contribution in [0.3, 0.4) is 0 Å². The van der Waals surface area contributed by atoms with E-state index >= 15 is 0 Å². The number of anilines is 1. The van der Waals surface area contributed by atoms with Crippen LogP contribution in [0.25, 0.3) is 11.6 Å². The van der Waals surface area contributed by atoms with Crippen LogP contribution in [0.1, 0.15) is 34.2 Å². The summed E-state index contributed by atoms with van der Waals surface area (Å²) in [4.78, 5) is 6.07. The first-order chi connectivity index (χ1) is 15.7. The average Bonchev–Trinajstić information content (AvgIpc) is 3.59. The number of hydrazone groups is 1. The molecule has 0 amide bonds. The van der Waals surface area contributed by atoms with Crippen LogP contribution in [0.4, 0.5) is 9.52 Å². The van der Waals surface area contributed by atoms with Gasteiger partial charge in [0.05, 0.1) is 22.3 Å². The number of fused-ring (bicyclic) bond motifs is 1. The zero-order valence-electron chi connectivity index (χ0n) is 16.9. The fraction of sp³-hybridized carbons (Fsp3) is 0.120. The van der Waals surface area contributed by atoms with Crippen molar-refractivity contribution in [3.63, 3.8) is 0 Å². The Hall–Kier alpha value is -3.29. The molecule has 1 atom stereocenters. The molecular weight excluding hydrogens is 441 g/mol. The number of benzene rings is 2. The van der Waals surface area contributed by atoms with Crippen molar-refractivity contribution in [2.24, 2.45) is 5.10 Å². The van der Waals surface area contributed by atoms with Crippen LogP contribution in [0.15, 0.2) is 76.5 Å². The van der Waals surface area contributed by atoms with Gasteiger partial charge in [-0.3, -0.25) is 0 Å². The lowest BCUT2D eigenvalue weighted by atomic mass is 10.0. The minimum Gasteiger partial charge on any atom is -0.488 e. The van der Waals surface area contributed by atoms with Crippen molar-refractivity contribution in [3.8, 4) is 5.75 Å². The lowest BCUT2D eigenvalue weighted by Crippen LogP contribution is -2.18. The van der Waals surface area contributed by atoms with Gasteiger partial charge in [-0.05, 0) is 41.3 Å². The largest absolute Gasteiger partial charge is 0.488 e. The van der Waals surface area contributed by atoms with Crippen molar-refractivity contribution in [2.75, 3.05) is 11.6 Å². The van der Waals surface area contributed by atoms with Crippen molar-refractivity contribution in [1.29, 1.82) is 0 Å². The fourth-order valence-electron chi connectivity index (χ4n) is 4.00. The van der Waals surface area contributed by atoms with Crippen LogP contribution in [-0.4, -0.2) is 17.3 Å². The van der Waals surface area contributed by atoms with Gasteiger partial charge in [-0.1, -0.05) is 36.4 Å². The maximum atomic E-state index is 13.5. The predicted octanol–water partition coefficient (Wildman–Crippen LogP) is 6.63. The number of para-hydroxylation sites is 1. The van der Waals surface area contributed by atoms with E-state index in [0.29, 0.717) is 6.61 Å². The normalized spacial score (nSPS) is 17.5. The Balaban J connectivity index is 1.36. The van der Waals surface area contributed by atoms with Crippen LogP contribution in [0.2, 0.25) is 0 Å². The minimum atomic E-state index is -0.237. The second-order valence-electron chi connectivity index (χ2n) is 7.65. The summed E-state index contributed by atoms with van der Waals surface area (Å²) in [7, 11) is 0. The number of thiazole rings is 1. The minimum absolute atomic E-state index is 0.0241. The molecule has 0 radical (unpaired) electrons. The zero-order valence-corrected chi connectivity index (χ0v) is 18.6. The fourth-order valence-corrected chi connectivity index (χ4v) is 5.57. The summed E-state index contributed by atoms with van der Waals surface area (Å²) < 4.78 is 19.5. The van der Waals surface area contributed by atoms with Gasteiger partial charge in [-0.2, -0.15) is 5.10 Å². The molecule has 1 unspecified atom stereocenters. The first-order valence-electron chi connectivity index (χ1n) is 10.3. The van der Waals surface area contributed by atoms with Gasteiger partial charge < -0.3 is 4.74 Å². The Morgan fingerprint density at radius 3 is 2.72 bits per heavy atom. The molecule has 2 aliphatic rings. The van der Waals surface area contributed by atoms with Crippen LogP contribution in [0.5, 0.6) is 5.75 Å². The maximum Gasteiger partial charge on any atom is 0.207 e. The molecule has 2 aliphatic heterocycles. The molecule has 158 valence electrons. The number of nitrogens with zero attached hydrogens (tertiary/aromatic N) is 3. The molecule has 4 nitrogen and oxygen atoms in total. The van der Waals surface area contributed by atoms with Crippen molar-refractivity contribution in [3.05, 3.63) is 98.9 Å². The molecule has 4 heterocycles. The number of hydrogen-bond donors (Lipinski definition) is 0. The number of aromatic nitrogens is 1. The van der Waals surface area contributed by atoms with Crippen molar-refractivity contribution < 1.29 is 9.13 Å². The topological polar surface area (TPSA) is 37.7 Å². The monoisotopic (exact) mass is 459 g/mol. The van der Waals surface area contributed by atoms with Crippen LogP contribution < -0.4 is 9.75 Å². The van der Waals surface area contributed by atoms with E-state index in [9.17, 15) is 4.39 Å². The van der Waals surface area contributed by atoms with Crippen molar-refractivity contribution in [2.45, 2.75) is 12.5 Å². The number of hydrogen-bond acceptors (Lipinski definition) is 6. The molecular formula is C25H18FN3OS2. The average molecular weight is 460 g/mol. The molecule has 2 aromatic carbocycles. The predicted molar refractivity (Wildman–Crippen MR) is 129 cm³/mol. The van der Waals surface area contributed by atoms with E-state index in [1.807, 2.05) is 47.5 Å². The van der Waals surface area contributed by atoms with E-state index in [1.165, 1.54) is 12.1 Å². The Bertz CT molecular complexity index is 1330. The van der Waals surface area contributed by atoms with Crippen LogP contribution in [0, 0.1) is 5.82 Å². The van der Waals surface area contributed by atoms with Gasteiger partial charge in [0, 0.05) is 22.9 Å². The van der Waals surface area contributed by atoms with Crippen LogP contribution in [-0.2, 0) is 0 Å². The first kappa shape index (κ1) is 19.4. The zero-order chi connectivity index (χ0) is 21.5. The second kappa shape index (κ2) is 8.00. The van der Waals surface area contributed by atoms with E-state index < -0.39 is 0 Å². The smallest absolute Gasteiger partial charge is 0.207 e. The van der Waals surface area contributed by atoms with E-state index in [0.717, 1.165) is 50.3 Å². The lowest BCUT2D eigenvalue weighted by molar-refractivity contribution is 0.365. The van der Waals surface area contributed by atoms with E-state index in [-0.39, 0.29) is 11.9 Å². The molecule has 32 heavy (non-hydrogen) atoms. The van der Waals surface area contributed by atoms with Gasteiger partial charge in [0.2, 0.25) is 5.13 Å². The summed E-state index contributed by atoms with van der Waals surface area (Å²) in [6.07, 6.45) is 2.89. The van der Waals surface area contributed by atoms with E-state index in [4.69, 9.17) is 14.8 Å². The number of halogens is 1. The summed E-state index contributed by atoms with van der Waals surface area (Å²) in [6, 6.07) is 18.8. The van der Waals surface area contributed by atoms with Gasteiger partial charge in [-0.25, -0.2) is 14.4 Å². The maximum absolute atomic E-state index is 13.5. The molecule has 0 saturated heterocycles. The molecule has 7 heteroatoms. The highest BCUT2D eigenvalue weighted by molar-refractivity contribution is 7.14. The van der Waals surface area contributed by atoms with Crippen LogP contribution >= 0.6 is 22.7 Å². The molecule has 4 aromatic rings. The Kier molecular flexibility index (Phi) is 4.85. The van der Waals surface area contributed by atoms with Gasteiger partial charge >= 0.3 is 0 Å². The van der Waals surface area contributed by atoms with E-state index in [1.54, 1.807) is 22.7 Å². The third-order valence-corrected chi connectivity index (χ3v) is 7.37. The van der Waals surface area contributed by atoms with Gasteiger partial charge in [0.25, 0.3) is 0 Å². The molecule has 6 rings (SSSR count). The summed E-state index contributed by atoms with van der Waals surface area (Å²) >= 11 is 3.24. The van der Waals surface area contributed by atoms with Crippen molar-refractivity contribution >= 4 is 45.2 Å². The lowest BCUT2D eigenvalue weighted by Gasteiger charge is -2.21. The quantitative estimate of drug-likeness (QED) is 0.344. The standard InChI is InChI=1S/C25H18FN3OS2/c26-19-9-7-16(8-10-19)22-13-20(24-6-3-11-31-24)28-29(22)25-27-21(15-32-25)18-12-17-4-1-2-5-23(17)30-14-18/h1-12,15,22H,13-14H2. The summed E-state index contributed by atoms with van der Waals surface area (Å²) in [5.41, 5.74) is 5.06. The Labute approximate surface area is 192 Å². The molecule has 0 spiro atoms. The van der Waals surface area contributed by atoms with Gasteiger partial charge in [-0.15, -0.1) is 22.7 Å². The second-order valence-corrected chi connectivity index (χ2v) is 9.44. The van der Waals surface area contributed by atoms with E-state index in [2.05, 4.69) is 22.9 Å². The summed E-state index contributed by atoms with van der Waals surface area (Å²) in [6.45, 7) is 0.491. The highest BCUT2D eigenvalue weighted by atomic mass is 32.1. The number of ether oxygens (including phenoxy) is 1. The third-order valence-electron chi connectivity index (χ3n) is 5.62. The molecule has 0 saturated carbocycles. The molecule has 0 aliphatic carbocycles. The highest BCUT2D eigenvalue weighted by Crippen LogP contribution is 2.40. The number of rotatable bonds is 4. The Morgan fingerprint density at radius 2 is 1.88 bits per heavy atom. The summed E-state index contributed by atoms with van der Waals surface area (Å²) in [5.74, 6) is 0.659. The molecule has 0 bridgehead atoms. The van der Waals surface area contributed by atoms with Gasteiger partial charge in [0.15, 0.2) is 0 Å². The highest BCUT2D eigenvalue weighted by Gasteiger charge is 2.32. The SMILES string of the molecule is Fc1ccc(C2CC(c3cccs3)=NN2c2nc(C3=Cc4ccccc4OC3)cs2)cc1. The Morgan fingerprint density at radius 1 is 1.00 bits per heavy atom. The number of thiophene rings is 1. The van der Waals surface area contributed by atoms with Crippen molar-refractivity contribution in [1.82, 2.24) is 4.98 Å².